The first-order chi connectivity index (χ1) is 14.0. The Balaban J connectivity index is 1.85. The smallest absolute Gasteiger partial charge is 0.236 e. The number of hydrogen-bond donors (Lipinski definition) is 1. The minimum absolute atomic E-state index is 0.0581. The largest absolute Gasteiger partial charge is 0.341 e. The number of nitrogens with two attached hydrogens (primary N) is 1. The van der Waals surface area contributed by atoms with Crippen LogP contribution in [0.3, 0.4) is 0 Å². The van der Waals surface area contributed by atoms with Crippen LogP contribution < -0.4 is 5.73 Å². The van der Waals surface area contributed by atoms with Gasteiger partial charge in [-0.15, -0.1) is 0 Å². The van der Waals surface area contributed by atoms with Crippen LogP contribution in [0.2, 0.25) is 0 Å². The minimum atomic E-state index is -0.338. The van der Waals surface area contributed by atoms with Gasteiger partial charge in [0.1, 0.15) is 5.82 Å². The van der Waals surface area contributed by atoms with Crippen molar-refractivity contribution in [3.05, 3.63) is 59.9 Å². The van der Waals surface area contributed by atoms with Crippen LogP contribution in [0.25, 0.3) is 11.1 Å². The van der Waals surface area contributed by atoms with Crippen molar-refractivity contribution in [2.75, 3.05) is 32.7 Å². The van der Waals surface area contributed by atoms with Crippen molar-refractivity contribution in [3.8, 4) is 11.1 Å². The lowest BCUT2D eigenvalue weighted by Crippen LogP contribution is -2.40. The van der Waals surface area contributed by atoms with Gasteiger partial charge in [-0.3, -0.25) is 9.59 Å². The van der Waals surface area contributed by atoms with E-state index in [9.17, 15) is 14.0 Å². The normalized spacial score (nSPS) is 17.3. The van der Waals surface area contributed by atoms with E-state index < -0.39 is 0 Å². The average molecular weight is 397 g/mol. The molecule has 29 heavy (non-hydrogen) atoms. The zero-order valence-corrected chi connectivity index (χ0v) is 16.8. The Morgan fingerprint density at radius 1 is 1.17 bits per heavy atom. The summed E-state index contributed by atoms with van der Waals surface area (Å²) in [4.78, 5) is 28.8. The molecule has 0 aromatic heterocycles. The minimum Gasteiger partial charge on any atom is -0.341 e. The fourth-order valence-electron chi connectivity index (χ4n) is 3.89. The van der Waals surface area contributed by atoms with Crippen molar-refractivity contribution in [3.63, 3.8) is 0 Å². The second-order valence-electron chi connectivity index (χ2n) is 7.45. The fourth-order valence-corrected chi connectivity index (χ4v) is 3.89. The van der Waals surface area contributed by atoms with Gasteiger partial charge in [0.05, 0.1) is 12.5 Å². The van der Waals surface area contributed by atoms with E-state index in [0.717, 1.165) is 17.5 Å². The van der Waals surface area contributed by atoms with Gasteiger partial charge in [-0.2, -0.15) is 0 Å². The van der Waals surface area contributed by atoms with E-state index in [1.54, 1.807) is 23.1 Å². The molecule has 5 nitrogen and oxygen atoms in total. The summed E-state index contributed by atoms with van der Waals surface area (Å²) in [7, 11) is 0. The van der Waals surface area contributed by atoms with E-state index in [1.807, 2.05) is 36.1 Å². The second-order valence-corrected chi connectivity index (χ2v) is 7.45. The second kappa shape index (κ2) is 9.65. The van der Waals surface area contributed by atoms with Gasteiger partial charge in [-0.1, -0.05) is 49.4 Å². The number of hydrogen-bond acceptors (Lipinski definition) is 3. The third kappa shape index (κ3) is 5.01. The lowest BCUT2D eigenvalue weighted by molar-refractivity contribution is -0.134. The molecular weight excluding hydrogens is 369 g/mol. The van der Waals surface area contributed by atoms with Gasteiger partial charge < -0.3 is 15.5 Å². The molecule has 1 fully saturated rings. The lowest BCUT2D eigenvalue weighted by Gasteiger charge is -2.24. The number of halogens is 1. The highest BCUT2D eigenvalue weighted by Crippen LogP contribution is 2.25. The maximum Gasteiger partial charge on any atom is 0.236 e. The molecule has 6 heteroatoms. The first-order valence-electron chi connectivity index (χ1n) is 10.1. The predicted molar refractivity (Wildman–Crippen MR) is 112 cm³/mol. The average Bonchev–Trinajstić information content (AvgIpc) is 2.88. The molecule has 0 bridgehead atoms. The number of amides is 2. The lowest BCUT2D eigenvalue weighted by atomic mass is 9.94. The number of rotatable bonds is 6. The third-order valence-electron chi connectivity index (χ3n) is 5.36. The topological polar surface area (TPSA) is 66.6 Å². The molecule has 2 N–H and O–H groups in total. The molecule has 3 rings (SSSR count). The van der Waals surface area contributed by atoms with E-state index in [-0.39, 0.29) is 30.1 Å². The van der Waals surface area contributed by atoms with E-state index >= 15 is 0 Å². The van der Waals surface area contributed by atoms with Crippen LogP contribution in [0.1, 0.15) is 18.9 Å². The summed E-state index contributed by atoms with van der Waals surface area (Å²) >= 11 is 0. The summed E-state index contributed by atoms with van der Waals surface area (Å²) in [5, 5.41) is 0. The van der Waals surface area contributed by atoms with E-state index in [0.29, 0.717) is 38.2 Å². The van der Waals surface area contributed by atoms with Crippen LogP contribution in [0.15, 0.2) is 48.5 Å². The van der Waals surface area contributed by atoms with Gasteiger partial charge in [-0.05, 0) is 30.0 Å². The summed E-state index contributed by atoms with van der Waals surface area (Å²) in [6.45, 7) is 4.05. The van der Waals surface area contributed by atoms with E-state index in [4.69, 9.17) is 5.73 Å². The van der Waals surface area contributed by atoms with Gasteiger partial charge >= 0.3 is 0 Å². The van der Waals surface area contributed by atoms with Crippen molar-refractivity contribution in [2.45, 2.75) is 19.8 Å². The molecule has 1 aliphatic heterocycles. The Morgan fingerprint density at radius 2 is 1.97 bits per heavy atom. The Bertz CT molecular complexity index is 871. The molecule has 1 atom stereocenters. The summed E-state index contributed by atoms with van der Waals surface area (Å²) < 4.78 is 14.2. The molecule has 0 unspecified atom stereocenters. The van der Waals surface area contributed by atoms with Crippen molar-refractivity contribution in [1.29, 1.82) is 0 Å². The van der Waals surface area contributed by atoms with Crippen LogP contribution in [0.5, 0.6) is 0 Å². The van der Waals surface area contributed by atoms with Crippen molar-refractivity contribution in [2.24, 2.45) is 11.7 Å². The highest BCUT2D eigenvalue weighted by molar-refractivity contribution is 5.83. The highest BCUT2D eigenvalue weighted by atomic mass is 19.1. The molecule has 154 valence electrons. The van der Waals surface area contributed by atoms with Gasteiger partial charge in [0.25, 0.3) is 0 Å². The standard InChI is InChI=1S/C23H28FN3O2/c1-2-10-26-11-12-27(22(28)15-25)16-19(23(26)29)14-17-6-5-7-18(13-17)20-8-3-4-9-21(20)24/h3-9,13,19H,2,10-12,14-16,25H2,1H3/t19-/m1/s1. The summed E-state index contributed by atoms with van der Waals surface area (Å²) in [6, 6.07) is 14.3. The molecule has 2 aromatic carbocycles. The monoisotopic (exact) mass is 397 g/mol. The first kappa shape index (κ1) is 21.0. The molecule has 0 radical (unpaired) electrons. The van der Waals surface area contributed by atoms with Crippen LogP contribution in [-0.2, 0) is 16.0 Å². The molecular formula is C23H28FN3O2. The molecule has 0 aliphatic carbocycles. The predicted octanol–water partition coefficient (Wildman–Crippen LogP) is 2.69. The maximum atomic E-state index is 14.2. The third-order valence-corrected chi connectivity index (χ3v) is 5.36. The quantitative estimate of drug-likeness (QED) is 0.815. The van der Waals surface area contributed by atoms with Gasteiger partial charge in [-0.25, -0.2) is 4.39 Å². The van der Waals surface area contributed by atoms with Crippen LogP contribution in [0, 0.1) is 11.7 Å². The zero-order valence-electron chi connectivity index (χ0n) is 16.8. The molecule has 0 saturated carbocycles. The van der Waals surface area contributed by atoms with Crippen molar-refractivity contribution < 1.29 is 14.0 Å². The number of carbonyl (C=O) groups is 2. The van der Waals surface area contributed by atoms with Crippen LogP contribution in [-0.4, -0.2) is 54.3 Å². The summed E-state index contributed by atoms with van der Waals surface area (Å²) in [6.07, 6.45) is 1.36. The maximum absolute atomic E-state index is 14.2. The highest BCUT2D eigenvalue weighted by Gasteiger charge is 2.31. The van der Waals surface area contributed by atoms with Gasteiger partial charge in [0.2, 0.25) is 11.8 Å². The number of benzene rings is 2. The Kier molecular flexibility index (Phi) is 6.99. The van der Waals surface area contributed by atoms with E-state index in [1.165, 1.54) is 6.07 Å². The number of carbonyl (C=O) groups excluding carboxylic acids is 2. The SMILES string of the molecule is CCCN1CCN(C(=O)CN)C[C@@H](Cc2cccc(-c3ccccc3F)c2)C1=O. The van der Waals surface area contributed by atoms with Gasteiger partial charge in [0, 0.05) is 31.7 Å². The van der Waals surface area contributed by atoms with Crippen LogP contribution >= 0.6 is 0 Å². The zero-order chi connectivity index (χ0) is 20.8. The van der Waals surface area contributed by atoms with Crippen molar-refractivity contribution in [1.82, 2.24) is 9.80 Å². The molecule has 0 spiro atoms. The Hall–Kier alpha value is -2.73. The Morgan fingerprint density at radius 3 is 2.69 bits per heavy atom. The molecule has 1 saturated heterocycles. The fraction of sp³-hybridized carbons (Fsp3) is 0.391. The molecule has 1 heterocycles. The summed E-state index contributed by atoms with van der Waals surface area (Å²) in [5.74, 6) is -0.684. The Labute approximate surface area is 171 Å². The first-order valence-corrected chi connectivity index (χ1v) is 10.1. The van der Waals surface area contributed by atoms with Crippen LogP contribution in [0.4, 0.5) is 4.39 Å². The molecule has 2 amide bonds. The molecule has 2 aromatic rings. The summed E-state index contributed by atoms with van der Waals surface area (Å²) in [5.41, 5.74) is 7.82. The van der Waals surface area contributed by atoms with Gasteiger partial charge in [0.15, 0.2) is 0 Å². The van der Waals surface area contributed by atoms with Crippen molar-refractivity contribution >= 4 is 11.8 Å². The number of nitrogens with zero attached hydrogens (tertiary/aromatic N) is 2. The van der Waals surface area contributed by atoms with E-state index in [2.05, 4.69) is 0 Å². The molecule has 1 aliphatic rings.